The van der Waals surface area contributed by atoms with Gasteiger partial charge in [0.1, 0.15) is 0 Å². The van der Waals surface area contributed by atoms with E-state index >= 15 is 0 Å². The van der Waals surface area contributed by atoms with Crippen molar-refractivity contribution in [2.75, 3.05) is 10.0 Å². The van der Waals surface area contributed by atoms with E-state index in [1.807, 2.05) is 13.8 Å². The summed E-state index contributed by atoms with van der Waals surface area (Å²) in [7, 11) is -3.87. The summed E-state index contributed by atoms with van der Waals surface area (Å²) in [6, 6.07) is 7.63. The molecule has 2 N–H and O–H groups in total. The summed E-state index contributed by atoms with van der Waals surface area (Å²) in [5.41, 5.74) is 3.32. The molecule has 0 radical (unpaired) electrons. The largest absolute Gasteiger partial charge is 0.326 e. The molecule has 2 aromatic heterocycles. The maximum atomic E-state index is 12.6. The number of carbonyl (C=O) groups is 1. The van der Waals surface area contributed by atoms with Crippen LogP contribution in [0.5, 0.6) is 0 Å². The maximum Gasteiger partial charge on any atom is 0.264 e. The van der Waals surface area contributed by atoms with E-state index in [1.54, 1.807) is 31.5 Å². The number of rotatable bonds is 7. The Bertz CT molecular complexity index is 1240. The van der Waals surface area contributed by atoms with Crippen LogP contribution in [0.15, 0.2) is 35.2 Å². The smallest absolute Gasteiger partial charge is 0.264 e. The summed E-state index contributed by atoms with van der Waals surface area (Å²) in [4.78, 5) is 20.8. The zero-order valence-corrected chi connectivity index (χ0v) is 20.0. The highest BCUT2D eigenvalue weighted by atomic mass is 35.5. The van der Waals surface area contributed by atoms with Crippen molar-refractivity contribution in [3.05, 3.63) is 58.1 Å². The molecular formula is C21H25ClN6O3S. The van der Waals surface area contributed by atoms with Gasteiger partial charge in [-0.1, -0.05) is 18.5 Å². The number of nitrogens with zero attached hydrogens (tertiary/aromatic N) is 4. The van der Waals surface area contributed by atoms with Gasteiger partial charge in [0.15, 0.2) is 0 Å². The van der Waals surface area contributed by atoms with E-state index in [1.165, 1.54) is 24.3 Å². The lowest BCUT2D eigenvalue weighted by Gasteiger charge is -2.14. The monoisotopic (exact) mass is 476 g/mol. The van der Waals surface area contributed by atoms with Gasteiger partial charge in [-0.2, -0.15) is 5.10 Å². The highest BCUT2D eigenvalue weighted by Crippen LogP contribution is 2.21. The second-order valence-electron chi connectivity index (χ2n) is 7.66. The Morgan fingerprint density at radius 3 is 2.22 bits per heavy atom. The average molecular weight is 477 g/mol. The van der Waals surface area contributed by atoms with Crippen molar-refractivity contribution in [3.63, 3.8) is 0 Å². The van der Waals surface area contributed by atoms with E-state index in [0.29, 0.717) is 34.3 Å². The summed E-state index contributed by atoms with van der Waals surface area (Å²) < 4.78 is 29.3. The molecule has 0 bridgehead atoms. The first-order chi connectivity index (χ1) is 15.0. The number of hydrogen-bond acceptors (Lipinski definition) is 6. The second-order valence-corrected chi connectivity index (χ2v) is 9.72. The minimum atomic E-state index is -3.87. The van der Waals surface area contributed by atoms with Gasteiger partial charge in [0.25, 0.3) is 10.0 Å². The Morgan fingerprint density at radius 1 is 1.09 bits per heavy atom. The van der Waals surface area contributed by atoms with Crippen molar-refractivity contribution in [2.45, 2.75) is 46.1 Å². The van der Waals surface area contributed by atoms with E-state index in [2.05, 4.69) is 25.1 Å². The molecule has 1 unspecified atom stereocenters. The van der Waals surface area contributed by atoms with Crippen LogP contribution in [0.4, 0.5) is 11.6 Å². The first-order valence-electron chi connectivity index (χ1n) is 9.92. The highest BCUT2D eigenvalue weighted by molar-refractivity contribution is 7.92. The molecule has 0 saturated heterocycles. The fourth-order valence-electron chi connectivity index (χ4n) is 3.13. The molecule has 3 rings (SSSR count). The minimum absolute atomic E-state index is 0.0120. The highest BCUT2D eigenvalue weighted by Gasteiger charge is 2.19. The van der Waals surface area contributed by atoms with Gasteiger partial charge in [0.2, 0.25) is 11.9 Å². The third-order valence-corrected chi connectivity index (χ3v) is 6.72. The SMILES string of the molecule is Cc1cc(C)nc(NS(=O)(=O)c2ccc(NC(=O)C(C)Cn3nc(C)c(Cl)c3C)cc2)n1. The van der Waals surface area contributed by atoms with E-state index < -0.39 is 10.0 Å². The van der Waals surface area contributed by atoms with Gasteiger partial charge in [-0.3, -0.25) is 9.48 Å². The molecule has 1 amide bonds. The molecule has 0 aliphatic carbocycles. The summed E-state index contributed by atoms with van der Waals surface area (Å²) in [6.45, 7) is 9.34. The molecule has 1 aromatic carbocycles. The zero-order chi connectivity index (χ0) is 23.6. The van der Waals surface area contributed by atoms with Crippen LogP contribution in [-0.2, 0) is 21.4 Å². The number of carbonyl (C=O) groups excluding carboxylic acids is 1. The van der Waals surface area contributed by atoms with Crippen LogP contribution in [0.25, 0.3) is 0 Å². The number of aromatic nitrogens is 4. The van der Waals surface area contributed by atoms with Crippen molar-refractivity contribution in [1.82, 2.24) is 19.7 Å². The lowest BCUT2D eigenvalue weighted by Crippen LogP contribution is -2.25. The summed E-state index contributed by atoms with van der Waals surface area (Å²) >= 11 is 6.16. The molecular weight excluding hydrogens is 452 g/mol. The van der Waals surface area contributed by atoms with Crippen LogP contribution in [0, 0.1) is 33.6 Å². The molecule has 0 saturated carbocycles. The fourth-order valence-corrected chi connectivity index (χ4v) is 4.21. The van der Waals surface area contributed by atoms with E-state index in [0.717, 1.165) is 5.69 Å². The number of anilines is 2. The molecule has 0 fully saturated rings. The Labute approximate surface area is 192 Å². The molecule has 0 aliphatic heterocycles. The molecule has 11 heteroatoms. The van der Waals surface area contributed by atoms with Crippen molar-refractivity contribution in [1.29, 1.82) is 0 Å². The van der Waals surface area contributed by atoms with E-state index in [9.17, 15) is 13.2 Å². The predicted octanol–water partition coefficient (Wildman–Crippen LogP) is 3.64. The number of sulfonamides is 1. The van der Waals surface area contributed by atoms with Crippen LogP contribution in [0.1, 0.15) is 29.7 Å². The molecule has 170 valence electrons. The van der Waals surface area contributed by atoms with Crippen LogP contribution >= 0.6 is 11.6 Å². The van der Waals surface area contributed by atoms with Crippen molar-refractivity contribution in [3.8, 4) is 0 Å². The van der Waals surface area contributed by atoms with Crippen LogP contribution in [-0.4, -0.2) is 34.1 Å². The Kier molecular flexibility index (Phi) is 6.85. The standard InChI is InChI=1S/C21H25ClN6O3S/c1-12(11-28-16(5)19(22)15(4)26-28)20(29)25-17-6-8-18(9-7-17)32(30,31)27-21-23-13(2)10-14(3)24-21/h6-10,12H,11H2,1-5H3,(H,25,29)(H,23,24,27). The van der Waals surface area contributed by atoms with Crippen molar-refractivity contribution >= 4 is 39.2 Å². The Morgan fingerprint density at radius 2 is 1.69 bits per heavy atom. The average Bonchev–Trinajstić information content (AvgIpc) is 2.93. The van der Waals surface area contributed by atoms with Crippen LogP contribution in [0.3, 0.4) is 0 Å². The first kappa shape index (κ1) is 23.7. The fraction of sp³-hybridized carbons (Fsp3) is 0.333. The Balaban J connectivity index is 1.66. The van der Waals surface area contributed by atoms with Gasteiger partial charge in [0, 0.05) is 17.1 Å². The van der Waals surface area contributed by atoms with Crippen molar-refractivity contribution in [2.24, 2.45) is 5.92 Å². The summed E-state index contributed by atoms with van der Waals surface area (Å²) in [5, 5.41) is 7.73. The molecule has 2 heterocycles. The van der Waals surface area contributed by atoms with Crippen LogP contribution in [0.2, 0.25) is 5.02 Å². The summed E-state index contributed by atoms with van der Waals surface area (Å²) in [6.07, 6.45) is 0. The zero-order valence-electron chi connectivity index (χ0n) is 18.5. The van der Waals surface area contributed by atoms with Crippen LogP contribution < -0.4 is 10.0 Å². The third-order valence-electron chi connectivity index (χ3n) is 4.83. The number of nitrogens with one attached hydrogen (secondary N) is 2. The lowest BCUT2D eigenvalue weighted by molar-refractivity contribution is -0.119. The molecule has 32 heavy (non-hydrogen) atoms. The molecule has 0 aliphatic rings. The normalized spacial score (nSPS) is 12.4. The topological polar surface area (TPSA) is 119 Å². The number of hydrogen-bond donors (Lipinski definition) is 2. The maximum absolute atomic E-state index is 12.6. The number of amides is 1. The lowest BCUT2D eigenvalue weighted by atomic mass is 10.1. The molecule has 0 spiro atoms. The van der Waals surface area contributed by atoms with Gasteiger partial charge >= 0.3 is 0 Å². The van der Waals surface area contributed by atoms with Gasteiger partial charge in [-0.25, -0.2) is 23.1 Å². The Hall–Kier alpha value is -2.98. The summed E-state index contributed by atoms with van der Waals surface area (Å²) in [5.74, 6) is -0.583. The van der Waals surface area contributed by atoms with Gasteiger partial charge in [-0.15, -0.1) is 0 Å². The quantitative estimate of drug-likeness (QED) is 0.537. The number of benzene rings is 1. The molecule has 1 atom stereocenters. The minimum Gasteiger partial charge on any atom is -0.326 e. The number of halogens is 1. The first-order valence-corrected chi connectivity index (χ1v) is 11.8. The molecule has 9 nitrogen and oxygen atoms in total. The third kappa shape index (κ3) is 5.43. The van der Waals surface area contributed by atoms with Gasteiger partial charge in [0.05, 0.1) is 33.8 Å². The van der Waals surface area contributed by atoms with E-state index in [-0.39, 0.29) is 22.7 Å². The van der Waals surface area contributed by atoms with Gasteiger partial charge in [-0.05, 0) is 58.0 Å². The van der Waals surface area contributed by atoms with E-state index in [4.69, 9.17) is 11.6 Å². The number of aryl methyl sites for hydroxylation is 3. The van der Waals surface area contributed by atoms with Crippen molar-refractivity contribution < 1.29 is 13.2 Å². The molecule has 3 aromatic rings. The van der Waals surface area contributed by atoms with Gasteiger partial charge < -0.3 is 5.32 Å². The predicted molar refractivity (Wildman–Crippen MR) is 123 cm³/mol. The second kappa shape index (κ2) is 9.25.